The molecule has 0 unspecified atom stereocenters. The molecule has 0 aromatic heterocycles. The van der Waals surface area contributed by atoms with Crippen molar-refractivity contribution in [2.24, 2.45) is 4.99 Å². The molecule has 0 saturated carbocycles. The van der Waals surface area contributed by atoms with Gasteiger partial charge in [-0.15, -0.1) is 0 Å². The molecule has 0 radical (unpaired) electrons. The topological polar surface area (TPSA) is 54.4 Å². The molecule has 2 aliphatic heterocycles. The number of hydrogen-bond donors (Lipinski definition) is 0. The second-order valence-electron chi connectivity index (χ2n) is 5.46. The van der Waals surface area contributed by atoms with Crippen LogP contribution in [0.2, 0.25) is 0 Å². The van der Waals surface area contributed by atoms with Crippen molar-refractivity contribution in [2.45, 2.75) is 26.4 Å². The van der Waals surface area contributed by atoms with E-state index in [1.165, 1.54) is 0 Å². The third-order valence-electron chi connectivity index (χ3n) is 2.92. The minimum atomic E-state index is 0.0417. The summed E-state index contributed by atoms with van der Waals surface area (Å²) in [6, 6.07) is 0.755. The van der Waals surface area contributed by atoms with Gasteiger partial charge in [-0.3, -0.25) is 4.79 Å². The van der Waals surface area contributed by atoms with Crippen LogP contribution in [0.5, 0.6) is 0 Å². The molecule has 0 aromatic rings. The van der Waals surface area contributed by atoms with Crippen molar-refractivity contribution in [3.63, 3.8) is 0 Å². The Morgan fingerprint density at radius 3 is 2.21 bits per heavy atom. The fourth-order valence-electron chi connectivity index (χ4n) is 1.53. The van der Waals surface area contributed by atoms with Gasteiger partial charge >= 0.3 is 0 Å². The summed E-state index contributed by atoms with van der Waals surface area (Å²) in [6.45, 7) is 10.7. The van der Waals surface area contributed by atoms with E-state index in [2.05, 4.69) is 9.89 Å². The third kappa shape index (κ3) is 5.92. The van der Waals surface area contributed by atoms with Gasteiger partial charge in [0.05, 0.1) is 12.1 Å². The number of hydrogen-bond acceptors (Lipinski definition) is 5. The van der Waals surface area contributed by atoms with Crippen LogP contribution < -0.4 is 0 Å². The molecule has 6 nitrogen and oxygen atoms in total. The smallest absolute Gasteiger partial charge is 0.287 e. The molecule has 0 aliphatic carbocycles. The molecule has 0 atom stereocenters. The number of carbonyl (C=O) groups excluding carboxylic acids is 1. The Hall–Kier alpha value is -1.30. The summed E-state index contributed by atoms with van der Waals surface area (Å²) in [6.07, 6.45) is 0.897. The molecule has 0 bridgehead atoms. The van der Waals surface area contributed by atoms with Gasteiger partial charge in [-0.1, -0.05) is 0 Å². The normalized spacial score (nSPS) is 19.3. The van der Waals surface area contributed by atoms with E-state index in [4.69, 9.17) is 9.47 Å². The summed E-state index contributed by atoms with van der Waals surface area (Å²) in [7, 11) is 1.71. The number of ether oxygens (including phenoxy) is 2. The molecular weight excluding hydrogens is 246 g/mol. The number of carbonyl (C=O) groups is 1. The molecule has 1 amide bonds. The quantitative estimate of drug-likeness (QED) is 0.655. The van der Waals surface area contributed by atoms with Crippen molar-refractivity contribution in [2.75, 3.05) is 46.4 Å². The summed E-state index contributed by atoms with van der Waals surface area (Å²) >= 11 is 0. The van der Waals surface area contributed by atoms with Crippen LogP contribution in [0.4, 0.5) is 0 Å². The maximum absolute atomic E-state index is 10.4. The zero-order chi connectivity index (χ0) is 14.3. The van der Waals surface area contributed by atoms with E-state index in [0.29, 0.717) is 6.61 Å². The highest BCUT2D eigenvalue weighted by atomic mass is 16.5. The Labute approximate surface area is 115 Å². The van der Waals surface area contributed by atoms with Crippen LogP contribution in [0.1, 0.15) is 20.8 Å². The molecule has 0 N–H and O–H groups in total. The highest BCUT2D eigenvalue weighted by Gasteiger charge is 2.21. The van der Waals surface area contributed by atoms with Crippen LogP contribution in [0.3, 0.4) is 0 Å². The Morgan fingerprint density at radius 1 is 1.26 bits per heavy atom. The molecule has 2 heterocycles. The first-order valence-electron chi connectivity index (χ1n) is 6.63. The number of aliphatic imine (C=N–C) groups is 1. The molecule has 2 aliphatic rings. The lowest BCUT2D eigenvalue weighted by Gasteiger charge is -2.32. The number of piperazine rings is 1. The number of nitrogens with zero attached hydrogens (tertiary/aromatic N) is 3. The van der Waals surface area contributed by atoms with Crippen molar-refractivity contribution in [1.29, 1.82) is 0 Å². The molecule has 0 spiro atoms. The molecule has 110 valence electrons. The monoisotopic (exact) mass is 271 g/mol. The van der Waals surface area contributed by atoms with Crippen LogP contribution in [0.15, 0.2) is 4.99 Å². The summed E-state index contributed by atoms with van der Waals surface area (Å²) in [5, 5.41) is 0. The average Bonchev–Trinajstić information content (AvgIpc) is 2.93. The number of amidine groups is 1. The van der Waals surface area contributed by atoms with Crippen LogP contribution in [-0.4, -0.2) is 74.3 Å². The Bertz CT molecular complexity index is 305. The molecule has 2 rings (SSSR count). The third-order valence-corrected chi connectivity index (χ3v) is 2.92. The molecule has 1 saturated heterocycles. The van der Waals surface area contributed by atoms with Crippen LogP contribution in [0.25, 0.3) is 0 Å². The van der Waals surface area contributed by atoms with Crippen molar-refractivity contribution < 1.29 is 14.3 Å². The summed E-state index contributed by atoms with van der Waals surface area (Å²) < 4.78 is 10.3. The van der Waals surface area contributed by atoms with Gasteiger partial charge in [0.15, 0.2) is 0 Å². The minimum absolute atomic E-state index is 0.0417. The van der Waals surface area contributed by atoms with E-state index >= 15 is 0 Å². The minimum Gasteiger partial charge on any atom is -0.463 e. The van der Waals surface area contributed by atoms with Gasteiger partial charge in [0, 0.05) is 33.3 Å². The molecule has 1 fully saturated rings. The van der Waals surface area contributed by atoms with Crippen molar-refractivity contribution in [3.05, 3.63) is 0 Å². The lowest BCUT2D eigenvalue weighted by Crippen LogP contribution is -2.48. The Morgan fingerprint density at radius 2 is 1.84 bits per heavy atom. The summed E-state index contributed by atoms with van der Waals surface area (Å²) in [4.78, 5) is 18.5. The number of methoxy groups -OCH3 is 1. The van der Waals surface area contributed by atoms with E-state index in [-0.39, 0.29) is 5.60 Å². The highest BCUT2D eigenvalue weighted by Crippen LogP contribution is 2.05. The van der Waals surface area contributed by atoms with E-state index in [9.17, 15) is 4.79 Å². The Kier molecular flexibility index (Phi) is 6.08. The molecule has 0 aromatic carbocycles. The second-order valence-corrected chi connectivity index (χ2v) is 5.46. The fourth-order valence-corrected chi connectivity index (χ4v) is 1.53. The van der Waals surface area contributed by atoms with Crippen LogP contribution >= 0.6 is 0 Å². The van der Waals surface area contributed by atoms with E-state index in [0.717, 1.165) is 45.2 Å². The van der Waals surface area contributed by atoms with Crippen molar-refractivity contribution >= 4 is 12.4 Å². The average molecular weight is 271 g/mol. The zero-order valence-corrected chi connectivity index (χ0v) is 12.4. The van der Waals surface area contributed by atoms with Gasteiger partial charge in [-0.25, -0.2) is 4.99 Å². The Balaban J connectivity index is 0.000000258. The number of rotatable bonds is 1. The van der Waals surface area contributed by atoms with Gasteiger partial charge in [-0.05, 0) is 20.8 Å². The second kappa shape index (κ2) is 7.33. The lowest BCUT2D eigenvalue weighted by molar-refractivity contribution is -0.119. The number of amides is 1. The van der Waals surface area contributed by atoms with Gasteiger partial charge in [0.2, 0.25) is 6.41 Å². The maximum atomic E-state index is 10.4. The van der Waals surface area contributed by atoms with Gasteiger partial charge in [-0.2, -0.15) is 0 Å². The standard InChI is InChI=1S/C8H13N3O2.C5H12O/c12-7-10-2-4-11(5-3-10)8-9-1-6-13-8;1-5(2,3)6-4/h7H,1-6H2;1-4H3. The van der Waals surface area contributed by atoms with E-state index < -0.39 is 0 Å². The van der Waals surface area contributed by atoms with Crippen molar-refractivity contribution in [3.8, 4) is 0 Å². The molecular formula is C13H25N3O3. The lowest BCUT2D eigenvalue weighted by atomic mass is 10.2. The zero-order valence-electron chi connectivity index (χ0n) is 12.4. The first-order valence-corrected chi connectivity index (χ1v) is 6.63. The fraction of sp³-hybridized carbons (Fsp3) is 0.846. The van der Waals surface area contributed by atoms with Crippen LogP contribution in [-0.2, 0) is 14.3 Å². The summed E-state index contributed by atoms with van der Waals surface area (Å²) in [5.41, 5.74) is 0.0417. The first kappa shape index (κ1) is 15.8. The maximum Gasteiger partial charge on any atom is 0.287 e. The predicted octanol–water partition coefficient (Wildman–Crippen LogP) is 0.578. The molecule has 19 heavy (non-hydrogen) atoms. The van der Waals surface area contributed by atoms with Gasteiger partial charge in [0.25, 0.3) is 6.02 Å². The SMILES string of the molecule is COC(C)(C)C.O=CN1CCN(C2=NCCO2)CC1. The largest absolute Gasteiger partial charge is 0.463 e. The van der Waals surface area contributed by atoms with E-state index in [1.54, 1.807) is 12.0 Å². The summed E-state index contributed by atoms with van der Waals surface area (Å²) in [5.74, 6) is 0. The molecule has 6 heteroatoms. The van der Waals surface area contributed by atoms with Crippen LogP contribution in [0, 0.1) is 0 Å². The predicted molar refractivity (Wildman–Crippen MR) is 74.2 cm³/mol. The van der Waals surface area contributed by atoms with Crippen molar-refractivity contribution in [1.82, 2.24) is 9.80 Å². The van der Waals surface area contributed by atoms with Gasteiger partial charge < -0.3 is 19.3 Å². The van der Waals surface area contributed by atoms with Gasteiger partial charge in [0.1, 0.15) is 6.61 Å². The van der Waals surface area contributed by atoms with E-state index in [1.807, 2.05) is 20.8 Å². The highest BCUT2D eigenvalue weighted by molar-refractivity contribution is 5.75. The first-order chi connectivity index (χ1) is 8.96.